The second kappa shape index (κ2) is 5.91. The maximum absolute atomic E-state index is 13.4. The molecule has 1 rings (SSSR count). The lowest BCUT2D eigenvalue weighted by Crippen LogP contribution is -2.35. The summed E-state index contributed by atoms with van der Waals surface area (Å²) in [6.07, 6.45) is 0. The number of aromatic carboxylic acids is 1. The highest BCUT2D eigenvalue weighted by Gasteiger charge is 2.23. The molecule has 19 heavy (non-hydrogen) atoms. The molecule has 5 heteroatoms. The van der Waals surface area contributed by atoms with Crippen LogP contribution in [0.4, 0.5) is 15.8 Å². The minimum Gasteiger partial charge on any atom is -0.478 e. The van der Waals surface area contributed by atoms with Gasteiger partial charge in [-0.1, -0.05) is 13.8 Å². The van der Waals surface area contributed by atoms with Gasteiger partial charge in [-0.3, -0.25) is 0 Å². The van der Waals surface area contributed by atoms with E-state index in [-0.39, 0.29) is 17.3 Å². The first-order chi connectivity index (χ1) is 8.75. The van der Waals surface area contributed by atoms with Crippen LogP contribution < -0.4 is 10.6 Å². The molecule has 0 atom stereocenters. The number of anilines is 2. The molecule has 4 nitrogen and oxygen atoms in total. The molecule has 0 saturated heterocycles. The van der Waals surface area contributed by atoms with E-state index in [9.17, 15) is 14.3 Å². The topological polar surface area (TPSA) is 66.6 Å². The molecule has 0 bridgehead atoms. The van der Waals surface area contributed by atoms with Crippen LogP contribution in [0.1, 0.15) is 38.1 Å². The van der Waals surface area contributed by atoms with E-state index < -0.39 is 11.8 Å². The van der Waals surface area contributed by atoms with E-state index in [2.05, 4.69) is 0 Å². The van der Waals surface area contributed by atoms with E-state index in [1.54, 1.807) is 0 Å². The molecule has 106 valence electrons. The second-order valence-corrected chi connectivity index (χ2v) is 5.30. The highest BCUT2D eigenvalue weighted by molar-refractivity contribution is 6.00. The predicted octanol–water partition coefficient (Wildman–Crippen LogP) is 2.98. The number of nitrogens with two attached hydrogens (primary N) is 1. The minimum atomic E-state index is -1.21. The Morgan fingerprint density at radius 2 is 1.95 bits per heavy atom. The molecule has 0 amide bonds. The summed E-state index contributed by atoms with van der Waals surface area (Å²) in [6, 6.07) is 2.80. The van der Waals surface area contributed by atoms with E-state index in [1.807, 2.05) is 32.6 Å². The Labute approximate surface area is 113 Å². The summed E-state index contributed by atoms with van der Waals surface area (Å²) in [7, 11) is 0. The zero-order valence-corrected chi connectivity index (χ0v) is 11.8. The van der Waals surface area contributed by atoms with Gasteiger partial charge in [0.25, 0.3) is 0 Å². The average molecular weight is 268 g/mol. The molecule has 0 heterocycles. The van der Waals surface area contributed by atoms with Crippen LogP contribution in [0.3, 0.4) is 0 Å². The first-order valence-corrected chi connectivity index (χ1v) is 6.33. The average Bonchev–Trinajstić information content (AvgIpc) is 2.28. The predicted molar refractivity (Wildman–Crippen MR) is 75.1 cm³/mol. The van der Waals surface area contributed by atoms with Crippen LogP contribution in [0.2, 0.25) is 0 Å². The van der Waals surface area contributed by atoms with Crippen LogP contribution in [-0.4, -0.2) is 23.7 Å². The number of hydrogen-bond donors (Lipinski definition) is 2. The molecule has 0 saturated carbocycles. The summed E-state index contributed by atoms with van der Waals surface area (Å²) in [6.45, 7) is 8.70. The Balaban J connectivity index is 3.38. The van der Waals surface area contributed by atoms with Gasteiger partial charge < -0.3 is 15.7 Å². The van der Waals surface area contributed by atoms with Crippen molar-refractivity contribution in [3.63, 3.8) is 0 Å². The number of benzene rings is 1. The van der Waals surface area contributed by atoms with Crippen molar-refractivity contribution < 1.29 is 14.3 Å². The van der Waals surface area contributed by atoms with Gasteiger partial charge in [0.15, 0.2) is 0 Å². The highest BCUT2D eigenvalue weighted by atomic mass is 19.1. The SMILES string of the molecule is CC(C)CN(c1ccc(F)c(N)c1C(=O)O)C(C)C. The molecule has 0 aliphatic heterocycles. The second-order valence-electron chi connectivity index (χ2n) is 5.30. The van der Waals surface area contributed by atoms with Crippen molar-refractivity contribution in [3.05, 3.63) is 23.5 Å². The zero-order chi connectivity index (χ0) is 14.7. The molecule has 0 aliphatic rings. The number of hydrogen-bond acceptors (Lipinski definition) is 3. The zero-order valence-electron chi connectivity index (χ0n) is 11.8. The number of carboxylic acid groups (broad SMARTS) is 1. The molecule has 0 unspecified atom stereocenters. The maximum Gasteiger partial charge on any atom is 0.340 e. The normalized spacial score (nSPS) is 11.1. The fourth-order valence-corrected chi connectivity index (χ4v) is 2.03. The first-order valence-electron chi connectivity index (χ1n) is 6.33. The van der Waals surface area contributed by atoms with Crippen molar-refractivity contribution in [2.45, 2.75) is 33.7 Å². The van der Waals surface area contributed by atoms with Gasteiger partial charge in [-0.15, -0.1) is 0 Å². The maximum atomic E-state index is 13.4. The molecular formula is C14H21FN2O2. The van der Waals surface area contributed by atoms with Gasteiger partial charge in [0, 0.05) is 12.6 Å². The van der Waals surface area contributed by atoms with Crippen LogP contribution in [0.15, 0.2) is 12.1 Å². The summed E-state index contributed by atoms with van der Waals surface area (Å²) in [5.74, 6) is -1.55. The molecule has 0 aromatic heterocycles. The fraction of sp³-hybridized carbons (Fsp3) is 0.500. The van der Waals surface area contributed by atoms with Crippen molar-refractivity contribution in [1.29, 1.82) is 0 Å². The summed E-state index contributed by atoms with van der Waals surface area (Å²) in [4.78, 5) is 13.3. The molecule has 1 aromatic carbocycles. The van der Waals surface area contributed by atoms with Crippen molar-refractivity contribution in [1.82, 2.24) is 0 Å². The third-order valence-electron chi connectivity index (χ3n) is 2.88. The largest absolute Gasteiger partial charge is 0.478 e. The first kappa shape index (κ1) is 15.3. The van der Waals surface area contributed by atoms with Gasteiger partial charge in [0.1, 0.15) is 11.4 Å². The van der Waals surface area contributed by atoms with Crippen LogP contribution >= 0.6 is 0 Å². The molecule has 0 spiro atoms. The van der Waals surface area contributed by atoms with Crippen molar-refractivity contribution in [2.75, 3.05) is 17.2 Å². The lowest BCUT2D eigenvalue weighted by Gasteiger charge is -2.32. The fourth-order valence-electron chi connectivity index (χ4n) is 2.03. The smallest absolute Gasteiger partial charge is 0.340 e. The summed E-state index contributed by atoms with van der Waals surface area (Å²) in [5, 5.41) is 9.26. The van der Waals surface area contributed by atoms with E-state index in [0.717, 1.165) is 0 Å². The van der Waals surface area contributed by atoms with Gasteiger partial charge in [-0.2, -0.15) is 0 Å². The van der Waals surface area contributed by atoms with Gasteiger partial charge in [0.2, 0.25) is 0 Å². The van der Waals surface area contributed by atoms with E-state index in [0.29, 0.717) is 18.2 Å². The van der Waals surface area contributed by atoms with Crippen molar-refractivity contribution in [3.8, 4) is 0 Å². The van der Waals surface area contributed by atoms with Gasteiger partial charge in [0.05, 0.1) is 11.4 Å². The number of carboxylic acids is 1. The summed E-state index contributed by atoms with van der Waals surface area (Å²) in [5.41, 5.74) is 5.57. The molecule has 0 fully saturated rings. The number of carbonyl (C=O) groups is 1. The third kappa shape index (κ3) is 3.36. The lowest BCUT2D eigenvalue weighted by molar-refractivity contribution is 0.0698. The quantitative estimate of drug-likeness (QED) is 0.806. The van der Waals surface area contributed by atoms with Crippen LogP contribution in [-0.2, 0) is 0 Å². The number of nitrogen functional groups attached to an aromatic ring is 1. The number of rotatable bonds is 5. The molecule has 1 aromatic rings. The van der Waals surface area contributed by atoms with Crippen LogP contribution in [0.5, 0.6) is 0 Å². The van der Waals surface area contributed by atoms with Gasteiger partial charge in [-0.25, -0.2) is 9.18 Å². The third-order valence-corrected chi connectivity index (χ3v) is 2.88. The lowest BCUT2D eigenvalue weighted by atomic mass is 10.1. The standard InChI is InChI=1S/C14H21FN2O2/c1-8(2)7-17(9(3)4)11-6-5-10(15)13(16)12(11)14(18)19/h5-6,8-9H,7,16H2,1-4H3,(H,18,19). The Hall–Kier alpha value is -1.78. The van der Waals surface area contributed by atoms with E-state index >= 15 is 0 Å². The Morgan fingerprint density at radius 3 is 2.37 bits per heavy atom. The van der Waals surface area contributed by atoms with E-state index in [1.165, 1.54) is 12.1 Å². The van der Waals surface area contributed by atoms with Gasteiger partial charge in [-0.05, 0) is 31.9 Å². The molecule has 3 N–H and O–H groups in total. The van der Waals surface area contributed by atoms with Crippen LogP contribution in [0.25, 0.3) is 0 Å². The molecule has 0 radical (unpaired) electrons. The highest BCUT2D eigenvalue weighted by Crippen LogP contribution is 2.30. The van der Waals surface area contributed by atoms with E-state index in [4.69, 9.17) is 5.73 Å². The minimum absolute atomic E-state index is 0.102. The number of halogens is 1. The summed E-state index contributed by atoms with van der Waals surface area (Å²) >= 11 is 0. The van der Waals surface area contributed by atoms with Crippen LogP contribution in [0, 0.1) is 11.7 Å². The number of nitrogens with zero attached hydrogens (tertiary/aromatic N) is 1. The van der Waals surface area contributed by atoms with Gasteiger partial charge >= 0.3 is 5.97 Å². The Morgan fingerprint density at radius 1 is 1.37 bits per heavy atom. The molecular weight excluding hydrogens is 247 g/mol. The Kier molecular flexibility index (Phi) is 4.75. The summed E-state index contributed by atoms with van der Waals surface area (Å²) < 4.78 is 13.4. The monoisotopic (exact) mass is 268 g/mol. The van der Waals surface area contributed by atoms with Crippen molar-refractivity contribution in [2.24, 2.45) is 5.92 Å². The Bertz CT molecular complexity index is 473. The molecule has 0 aliphatic carbocycles. The van der Waals surface area contributed by atoms with Crippen molar-refractivity contribution >= 4 is 17.3 Å².